The quantitative estimate of drug-likeness (QED) is 0.592. The molecule has 0 atom stereocenters. The van der Waals surface area contributed by atoms with Gasteiger partial charge in [-0.3, -0.25) is 5.10 Å². The molecule has 0 aliphatic rings. The second kappa shape index (κ2) is 5.68. The lowest BCUT2D eigenvalue weighted by molar-refractivity contribution is -0.870. The molecule has 5 heteroatoms. The second-order valence-corrected chi connectivity index (χ2v) is 3.40. The standard InChI is InChI=1S/C5H14NO.C2H3N3/c1-6(2,3)4-5-7;1-2-4-5-3-1/h7H,4-5H2,1-3H3;1-2H,(H,3,4,5)/q+1;. The van der Waals surface area contributed by atoms with E-state index in [1.54, 1.807) is 12.4 Å². The molecule has 0 amide bonds. The first-order valence-electron chi connectivity index (χ1n) is 3.78. The zero-order valence-electron chi connectivity index (χ0n) is 7.86. The van der Waals surface area contributed by atoms with Crippen LogP contribution in [0.3, 0.4) is 0 Å². The molecule has 70 valence electrons. The fraction of sp³-hybridized carbons (Fsp3) is 0.714. The van der Waals surface area contributed by atoms with Crippen LogP contribution in [0.2, 0.25) is 0 Å². The lowest BCUT2D eigenvalue weighted by Crippen LogP contribution is -2.36. The number of likely N-dealkylation sites (N-methyl/N-ethyl adjacent to an activating group) is 1. The third-order valence-corrected chi connectivity index (χ3v) is 1.10. The molecule has 0 saturated heterocycles. The minimum absolute atomic E-state index is 0.281. The van der Waals surface area contributed by atoms with Gasteiger partial charge in [0.15, 0.2) is 0 Å². The van der Waals surface area contributed by atoms with Crippen LogP contribution in [0, 0.1) is 0 Å². The number of aliphatic hydroxyl groups is 1. The molecule has 0 radical (unpaired) electrons. The Kier molecular flexibility index (Phi) is 5.23. The minimum atomic E-state index is 0.281. The van der Waals surface area contributed by atoms with Crippen LogP contribution < -0.4 is 0 Å². The molecule has 0 aromatic carbocycles. The highest BCUT2D eigenvalue weighted by Gasteiger charge is 2.02. The van der Waals surface area contributed by atoms with Gasteiger partial charge in [0.2, 0.25) is 0 Å². The van der Waals surface area contributed by atoms with E-state index in [1.165, 1.54) is 0 Å². The molecule has 0 aliphatic carbocycles. The number of hydrogen-bond acceptors (Lipinski definition) is 3. The lowest BCUT2D eigenvalue weighted by Gasteiger charge is -2.21. The molecule has 12 heavy (non-hydrogen) atoms. The summed E-state index contributed by atoms with van der Waals surface area (Å²) in [5.74, 6) is 0. The van der Waals surface area contributed by atoms with E-state index in [-0.39, 0.29) is 6.61 Å². The summed E-state index contributed by atoms with van der Waals surface area (Å²) in [5, 5.41) is 17.7. The van der Waals surface area contributed by atoms with Crippen molar-refractivity contribution in [2.45, 2.75) is 0 Å². The zero-order chi connectivity index (χ0) is 9.45. The highest BCUT2D eigenvalue weighted by Crippen LogP contribution is 1.84. The Hall–Kier alpha value is -0.940. The molecule has 0 unspecified atom stereocenters. The van der Waals surface area contributed by atoms with Crippen molar-refractivity contribution in [2.75, 3.05) is 34.3 Å². The number of hydrogen-bond donors (Lipinski definition) is 2. The molecule has 1 rings (SSSR count). The average molecular weight is 173 g/mol. The number of aliphatic hydroxyl groups excluding tert-OH is 1. The summed E-state index contributed by atoms with van der Waals surface area (Å²) in [4.78, 5) is 0. The molecule has 0 aliphatic heterocycles. The topological polar surface area (TPSA) is 61.8 Å². The van der Waals surface area contributed by atoms with Gasteiger partial charge in [-0.15, -0.1) is 5.10 Å². The highest BCUT2D eigenvalue weighted by molar-refractivity contribution is 4.54. The van der Waals surface area contributed by atoms with Crippen molar-refractivity contribution in [1.29, 1.82) is 0 Å². The summed E-state index contributed by atoms with van der Waals surface area (Å²) in [5.41, 5.74) is 0. The van der Waals surface area contributed by atoms with E-state index in [0.29, 0.717) is 0 Å². The summed E-state index contributed by atoms with van der Waals surface area (Å²) in [6.07, 6.45) is 3.24. The maximum Gasteiger partial charge on any atom is 0.101 e. The van der Waals surface area contributed by atoms with Crippen LogP contribution in [0.1, 0.15) is 0 Å². The van der Waals surface area contributed by atoms with E-state index in [1.807, 2.05) is 0 Å². The first-order valence-corrected chi connectivity index (χ1v) is 3.78. The largest absolute Gasteiger partial charge is 0.391 e. The number of nitrogens with zero attached hydrogens (tertiary/aromatic N) is 3. The Bertz CT molecular complexity index is 151. The minimum Gasteiger partial charge on any atom is -0.391 e. The first kappa shape index (κ1) is 11.1. The summed E-state index contributed by atoms with van der Waals surface area (Å²) < 4.78 is 0.844. The van der Waals surface area contributed by atoms with Crippen molar-refractivity contribution in [3.8, 4) is 0 Å². The van der Waals surface area contributed by atoms with E-state index in [9.17, 15) is 0 Å². The van der Waals surface area contributed by atoms with Gasteiger partial charge in [-0.25, -0.2) is 0 Å². The van der Waals surface area contributed by atoms with Gasteiger partial charge < -0.3 is 9.59 Å². The van der Waals surface area contributed by atoms with E-state index in [2.05, 4.69) is 36.6 Å². The Morgan fingerprint density at radius 3 is 2.17 bits per heavy atom. The SMILES string of the molecule is C[N+](C)(C)CCO.c1c[nH]nn1. The number of rotatable bonds is 2. The van der Waals surface area contributed by atoms with E-state index in [0.717, 1.165) is 11.0 Å². The average Bonchev–Trinajstić information content (AvgIpc) is 2.38. The van der Waals surface area contributed by atoms with Crippen molar-refractivity contribution in [3.05, 3.63) is 12.4 Å². The van der Waals surface area contributed by atoms with Crippen molar-refractivity contribution < 1.29 is 9.59 Å². The van der Waals surface area contributed by atoms with Gasteiger partial charge >= 0.3 is 0 Å². The van der Waals surface area contributed by atoms with Crippen LogP contribution in [0.25, 0.3) is 0 Å². The number of quaternary nitrogens is 1. The van der Waals surface area contributed by atoms with Crippen LogP contribution in [0.4, 0.5) is 0 Å². The summed E-state index contributed by atoms with van der Waals surface area (Å²) in [6.45, 7) is 1.11. The van der Waals surface area contributed by atoms with Crippen LogP contribution in [-0.2, 0) is 0 Å². The molecular formula is C7H17N4O+. The van der Waals surface area contributed by atoms with Gasteiger partial charge in [0.25, 0.3) is 0 Å². The predicted octanol–water partition coefficient (Wildman–Crippen LogP) is -0.510. The Morgan fingerprint density at radius 2 is 2.08 bits per heavy atom. The molecule has 0 spiro atoms. The van der Waals surface area contributed by atoms with Crippen LogP contribution in [-0.4, -0.2) is 59.3 Å². The Labute approximate surface area is 72.6 Å². The van der Waals surface area contributed by atoms with Crippen LogP contribution >= 0.6 is 0 Å². The van der Waals surface area contributed by atoms with Crippen LogP contribution in [0.15, 0.2) is 12.4 Å². The van der Waals surface area contributed by atoms with Crippen molar-refractivity contribution >= 4 is 0 Å². The van der Waals surface area contributed by atoms with Gasteiger partial charge in [0.05, 0.1) is 33.9 Å². The van der Waals surface area contributed by atoms with Crippen molar-refractivity contribution in [3.63, 3.8) is 0 Å². The van der Waals surface area contributed by atoms with Crippen molar-refractivity contribution in [2.24, 2.45) is 0 Å². The highest BCUT2D eigenvalue weighted by atomic mass is 16.3. The Balaban J connectivity index is 0.000000211. The zero-order valence-corrected chi connectivity index (χ0v) is 7.86. The van der Waals surface area contributed by atoms with Crippen molar-refractivity contribution in [1.82, 2.24) is 15.4 Å². The number of H-pyrrole nitrogens is 1. The smallest absolute Gasteiger partial charge is 0.101 e. The summed E-state index contributed by atoms with van der Waals surface area (Å²) >= 11 is 0. The molecular weight excluding hydrogens is 156 g/mol. The number of aromatic amines is 1. The lowest BCUT2D eigenvalue weighted by atomic mass is 10.5. The second-order valence-electron chi connectivity index (χ2n) is 3.40. The van der Waals surface area contributed by atoms with E-state index in [4.69, 9.17) is 5.11 Å². The number of nitrogens with one attached hydrogen (secondary N) is 1. The molecule has 1 aromatic heterocycles. The van der Waals surface area contributed by atoms with E-state index >= 15 is 0 Å². The maximum absolute atomic E-state index is 8.39. The molecule has 1 heterocycles. The fourth-order valence-corrected chi connectivity index (χ4v) is 0.467. The van der Waals surface area contributed by atoms with Gasteiger partial charge in [-0.2, -0.15) is 0 Å². The molecule has 2 N–H and O–H groups in total. The molecule has 0 fully saturated rings. The molecule has 5 nitrogen and oxygen atoms in total. The summed E-state index contributed by atoms with van der Waals surface area (Å²) in [7, 11) is 6.16. The van der Waals surface area contributed by atoms with Gasteiger partial charge in [-0.1, -0.05) is 5.21 Å². The monoisotopic (exact) mass is 173 g/mol. The third kappa shape index (κ3) is 9.06. The molecule has 0 bridgehead atoms. The predicted molar refractivity (Wildman–Crippen MR) is 46.4 cm³/mol. The normalized spacial score (nSPS) is 10.3. The van der Waals surface area contributed by atoms with Gasteiger partial charge in [0, 0.05) is 6.20 Å². The Morgan fingerprint density at radius 1 is 1.42 bits per heavy atom. The van der Waals surface area contributed by atoms with Gasteiger partial charge in [-0.05, 0) is 0 Å². The first-order chi connectivity index (χ1) is 5.56. The molecule has 0 saturated carbocycles. The number of aromatic nitrogens is 3. The summed E-state index contributed by atoms with van der Waals surface area (Å²) in [6, 6.07) is 0. The fourth-order valence-electron chi connectivity index (χ4n) is 0.467. The molecule has 1 aromatic rings. The third-order valence-electron chi connectivity index (χ3n) is 1.10. The van der Waals surface area contributed by atoms with Crippen LogP contribution in [0.5, 0.6) is 0 Å². The van der Waals surface area contributed by atoms with E-state index < -0.39 is 0 Å². The van der Waals surface area contributed by atoms with Gasteiger partial charge in [0.1, 0.15) is 6.54 Å². The maximum atomic E-state index is 8.39.